The minimum atomic E-state index is -0.766. The van der Waals surface area contributed by atoms with Crippen molar-refractivity contribution < 1.29 is 18.7 Å². The fraction of sp³-hybridized carbons (Fsp3) is 0.312. The average molecular weight is 430 g/mol. The first-order valence-corrected chi connectivity index (χ1v) is 9.03. The molecule has 2 rings (SSSR count). The number of anilines is 2. The second kappa shape index (κ2) is 8.39. The van der Waals surface area contributed by atoms with Gasteiger partial charge in [0.1, 0.15) is 18.0 Å². The predicted octanol–water partition coefficient (Wildman–Crippen LogP) is 3.62. The summed E-state index contributed by atoms with van der Waals surface area (Å²) in [4.78, 5) is 29.1. The maximum atomic E-state index is 13.7. The van der Waals surface area contributed by atoms with Crippen molar-refractivity contribution in [1.82, 2.24) is 4.98 Å². The molecule has 0 saturated heterocycles. The van der Waals surface area contributed by atoms with E-state index in [1.165, 1.54) is 40.6 Å². The molecule has 0 aliphatic heterocycles. The average Bonchev–Trinajstić information content (AvgIpc) is 2.92. The SMILES string of the molecule is CC(C)COc1cc(F)ccc1N(C(=O)CC(N)=O)c1ncc(Br)s1. The Morgan fingerprint density at radius 3 is 2.72 bits per heavy atom. The minimum absolute atomic E-state index is 0.192. The van der Waals surface area contributed by atoms with Crippen molar-refractivity contribution in [2.24, 2.45) is 11.7 Å². The number of benzene rings is 1. The third kappa shape index (κ3) is 5.23. The highest BCUT2D eigenvalue weighted by molar-refractivity contribution is 9.11. The van der Waals surface area contributed by atoms with Gasteiger partial charge in [0.2, 0.25) is 11.8 Å². The summed E-state index contributed by atoms with van der Waals surface area (Å²) in [5.41, 5.74) is 5.45. The van der Waals surface area contributed by atoms with Crippen LogP contribution in [0.2, 0.25) is 0 Å². The number of halogens is 2. The molecule has 2 amide bonds. The quantitative estimate of drug-likeness (QED) is 0.680. The zero-order valence-electron chi connectivity index (χ0n) is 13.7. The standard InChI is InChI=1S/C16H17BrFN3O3S/c1-9(2)8-24-12-5-10(18)3-4-11(12)21(15(23)6-14(19)22)16-20-7-13(17)25-16/h3-5,7,9H,6,8H2,1-2H3,(H2,19,22). The smallest absolute Gasteiger partial charge is 0.242 e. The fourth-order valence-corrected chi connectivity index (χ4v) is 3.18. The molecule has 9 heteroatoms. The third-order valence-electron chi connectivity index (χ3n) is 2.97. The molecule has 0 fully saturated rings. The fourth-order valence-electron chi connectivity index (χ4n) is 1.97. The molecule has 2 aromatic rings. The number of thiazole rings is 1. The van der Waals surface area contributed by atoms with Gasteiger partial charge in [-0.25, -0.2) is 9.37 Å². The van der Waals surface area contributed by atoms with E-state index in [-0.39, 0.29) is 11.7 Å². The lowest BCUT2D eigenvalue weighted by molar-refractivity contribution is -0.125. The molecular formula is C16H17BrFN3O3S. The predicted molar refractivity (Wildman–Crippen MR) is 97.5 cm³/mol. The van der Waals surface area contributed by atoms with Gasteiger partial charge < -0.3 is 10.5 Å². The molecule has 0 atom stereocenters. The van der Waals surface area contributed by atoms with Crippen molar-refractivity contribution in [1.29, 1.82) is 0 Å². The summed E-state index contributed by atoms with van der Waals surface area (Å²) in [6.45, 7) is 4.25. The summed E-state index contributed by atoms with van der Waals surface area (Å²) in [5, 5.41) is 0.319. The van der Waals surface area contributed by atoms with Crippen molar-refractivity contribution in [2.45, 2.75) is 20.3 Å². The molecule has 0 spiro atoms. The number of hydrogen-bond donors (Lipinski definition) is 1. The van der Waals surface area contributed by atoms with Gasteiger partial charge >= 0.3 is 0 Å². The van der Waals surface area contributed by atoms with Gasteiger partial charge in [0.25, 0.3) is 0 Å². The third-order valence-corrected chi connectivity index (χ3v) is 4.43. The summed E-state index contributed by atoms with van der Waals surface area (Å²) < 4.78 is 20.0. The molecule has 0 unspecified atom stereocenters. The highest BCUT2D eigenvalue weighted by Gasteiger charge is 2.26. The monoisotopic (exact) mass is 429 g/mol. The van der Waals surface area contributed by atoms with E-state index in [2.05, 4.69) is 20.9 Å². The number of rotatable bonds is 7. The van der Waals surface area contributed by atoms with E-state index in [0.717, 1.165) is 0 Å². The van der Waals surface area contributed by atoms with Crippen LogP contribution in [0, 0.1) is 11.7 Å². The molecule has 0 aliphatic rings. The first kappa shape index (κ1) is 19.3. The van der Waals surface area contributed by atoms with E-state index in [4.69, 9.17) is 10.5 Å². The van der Waals surface area contributed by atoms with Crippen molar-refractivity contribution in [3.63, 3.8) is 0 Å². The number of carbonyl (C=O) groups is 2. The minimum Gasteiger partial charge on any atom is -0.491 e. The number of aromatic nitrogens is 1. The largest absolute Gasteiger partial charge is 0.491 e. The van der Waals surface area contributed by atoms with Gasteiger partial charge in [-0.05, 0) is 34.0 Å². The van der Waals surface area contributed by atoms with Gasteiger partial charge in [0, 0.05) is 6.07 Å². The van der Waals surface area contributed by atoms with Crippen molar-refractivity contribution in [3.05, 3.63) is 34.0 Å². The van der Waals surface area contributed by atoms with Crippen LogP contribution in [0.5, 0.6) is 5.75 Å². The lowest BCUT2D eigenvalue weighted by atomic mass is 10.2. The van der Waals surface area contributed by atoms with E-state index < -0.39 is 24.1 Å². The Kier molecular flexibility index (Phi) is 6.49. The molecule has 6 nitrogen and oxygen atoms in total. The van der Waals surface area contributed by atoms with Gasteiger partial charge in [-0.1, -0.05) is 25.2 Å². The summed E-state index contributed by atoms with van der Waals surface area (Å²) in [6, 6.07) is 3.83. The van der Waals surface area contributed by atoms with Gasteiger partial charge in [0.05, 0.1) is 22.3 Å². The first-order valence-electron chi connectivity index (χ1n) is 7.43. The molecule has 0 saturated carbocycles. The van der Waals surface area contributed by atoms with E-state index in [1.54, 1.807) is 0 Å². The highest BCUT2D eigenvalue weighted by atomic mass is 79.9. The Hall–Kier alpha value is -2.00. The Morgan fingerprint density at radius 2 is 2.16 bits per heavy atom. The lowest BCUT2D eigenvalue weighted by Gasteiger charge is -2.23. The first-order chi connectivity index (χ1) is 11.8. The molecular weight excluding hydrogens is 413 g/mol. The number of hydrogen-bond acceptors (Lipinski definition) is 5. The van der Waals surface area contributed by atoms with Gasteiger partial charge in [-0.3, -0.25) is 14.5 Å². The molecule has 1 aromatic carbocycles. The van der Waals surface area contributed by atoms with Crippen molar-refractivity contribution >= 4 is 49.9 Å². The molecule has 134 valence electrons. The van der Waals surface area contributed by atoms with Crippen LogP contribution in [-0.4, -0.2) is 23.4 Å². The Labute approximate surface area is 156 Å². The summed E-state index contributed by atoms with van der Waals surface area (Å²) in [6.07, 6.45) is 1.03. The van der Waals surface area contributed by atoms with Gasteiger partial charge in [-0.2, -0.15) is 0 Å². The van der Waals surface area contributed by atoms with Gasteiger partial charge in [-0.15, -0.1) is 0 Å². The number of primary amides is 1. The summed E-state index contributed by atoms with van der Waals surface area (Å²) in [5.74, 6) is -1.43. The normalized spacial score (nSPS) is 10.8. The van der Waals surface area contributed by atoms with Crippen LogP contribution in [-0.2, 0) is 9.59 Å². The topological polar surface area (TPSA) is 85.5 Å². The molecule has 1 heterocycles. The van der Waals surface area contributed by atoms with Crippen molar-refractivity contribution in [3.8, 4) is 5.75 Å². The van der Waals surface area contributed by atoms with E-state index >= 15 is 0 Å². The van der Waals surface area contributed by atoms with Gasteiger partial charge in [0.15, 0.2) is 5.13 Å². The van der Waals surface area contributed by atoms with Crippen LogP contribution in [0.4, 0.5) is 15.2 Å². The van der Waals surface area contributed by atoms with E-state index in [0.29, 0.717) is 21.2 Å². The summed E-state index contributed by atoms with van der Waals surface area (Å²) >= 11 is 4.48. The Morgan fingerprint density at radius 1 is 1.44 bits per heavy atom. The van der Waals surface area contributed by atoms with Crippen LogP contribution < -0.4 is 15.4 Å². The van der Waals surface area contributed by atoms with Crippen LogP contribution in [0.25, 0.3) is 0 Å². The van der Waals surface area contributed by atoms with E-state index in [9.17, 15) is 14.0 Å². The van der Waals surface area contributed by atoms with Crippen LogP contribution in [0.3, 0.4) is 0 Å². The molecule has 2 N–H and O–H groups in total. The zero-order chi connectivity index (χ0) is 18.6. The molecule has 0 bridgehead atoms. The zero-order valence-corrected chi connectivity index (χ0v) is 16.1. The summed E-state index contributed by atoms with van der Waals surface area (Å²) in [7, 11) is 0. The molecule has 0 radical (unpaired) electrons. The van der Waals surface area contributed by atoms with Crippen LogP contribution in [0.1, 0.15) is 20.3 Å². The number of nitrogens with zero attached hydrogens (tertiary/aromatic N) is 2. The lowest BCUT2D eigenvalue weighted by Crippen LogP contribution is -2.30. The van der Waals surface area contributed by atoms with Crippen LogP contribution in [0.15, 0.2) is 28.2 Å². The van der Waals surface area contributed by atoms with E-state index in [1.807, 2.05) is 13.8 Å². The Bertz CT molecular complexity index is 782. The maximum absolute atomic E-state index is 13.7. The number of carbonyl (C=O) groups excluding carboxylic acids is 2. The second-order valence-corrected chi connectivity index (χ2v) is 8.02. The molecule has 25 heavy (non-hydrogen) atoms. The number of amides is 2. The number of ether oxygens (including phenoxy) is 1. The number of nitrogens with two attached hydrogens (primary N) is 1. The Balaban J connectivity index is 2.49. The maximum Gasteiger partial charge on any atom is 0.242 e. The van der Waals surface area contributed by atoms with Crippen molar-refractivity contribution in [2.75, 3.05) is 11.5 Å². The highest BCUT2D eigenvalue weighted by Crippen LogP contribution is 2.38. The van der Waals surface area contributed by atoms with Crippen LogP contribution >= 0.6 is 27.3 Å². The second-order valence-electron chi connectivity index (χ2n) is 5.64. The molecule has 1 aromatic heterocycles. The molecule has 0 aliphatic carbocycles.